The maximum Gasteiger partial charge on any atom is 0.255 e. The number of carbonyl (C=O) groups excluding carboxylic acids is 1. The minimum atomic E-state index is -3.53. The summed E-state index contributed by atoms with van der Waals surface area (Å²) < 4.78 is 26.1. The highest BCUT2D eigenvalue weighted by Gasteiger charge is 2.14. The van der Waals surface area contributed by atoms with E-state index in [0.717, 1.165) is 5.56 Å². The SMILES string of the molecule is CCNS(=O)(=O)c1ccc(C(=O)Nc2ccc(C)cc2Cl)cc1. The minimum Gasteiger partial charge on any atom is -0.321 e. The van der Waals surface area contributed by atoms with E-state index in [2.05, 4.69) is 10.0 Å². The number of carbonyl (C=O) groups is 1. The topological polar surface area (TPSA) is 75.3 Å². The van der Waals surface area contributed by atoms with Crippen molar-refractivity contribution in [2.75, 3.05) is 11.9 Å². The first-order valence-electron chi connectivity index (χ1n) is 7.00. The molecule has 0 atom stereocenters. The van der Waals surface area contributed by atoms with Crippen molar-refractivity contribution in [1.82, 2.24) is 4.72 Å². The van der Waals surface area contributed by atoms with E-state index < -0.39 is 10.0 Å². The molecule has 2 aromatic rings. The molecule has 23 heavy (non-hydrogen) atoms. The molecule has 0 aliphatic carbocycles. The molecule has 0 aromatic heterocycles. The van der Waals surface area contributed by atoms with Crippen LogP contribution in [0.25, 0.3) is 0 Å². The number of rotatable bonds is 5. The van der Waals surface area contributed by atoms with Crippen LogP contribution in [0.2, 0.25) is 5.02 Å². The standard InChI is InChI=1S/C16H17ClN2O3S/c1-3-18-23(21,22)13-7-5-12(6-8-13)16(20)19-15-9-4-11(2)10-14(15)17/h4-10,18H,3H2,1-2H3,(H,19,20). The molecule has 0 heterocycles. The molecule has 0 saturated carbocycles. The Kier molecular flexibility index (Phi) is 5.41. The lowest BCUT2D eigenvalue weighted by Crippen LogP contribution is -2.23. The maximum absolute atomic E-state index is 12.2. The van der Waals surface area contributed by atoms with Crippen LogP contribution >= 0.6 is 11.6 Å². The van der Waals surface area contributed by atoms with Gasteiger partial charge >= 0.3 is 0 Å². The first kappa shape index (κ1) is 17.5. The summed E-state index contributed by atoms with van der Waals surface area (Å²) in [6.07, 6.45) is 0. The summed E-state index contributed by atoms with van der Waals surface area (Å²) in [6, 6.07) is 11.0. The molecule has 2 aromatic carbocycles. The van der Waals surface area contributed by atoms with Gasteiger partial charge < -0.3 is 5.32 Å². The van der Waals surface area contributed by atoms with Crippen LogP contribution in [0.4, 0.5) is 5.69 Å². The van der Waals surface area contributed by atoms with Gasteiger partial charge in [-0.05, 0) is 48.9 Å². The van der Waals surface area contributed by atoms with E-state index in [9.17, 15) is 13.2 Å². The van der Waals surface area contributed by atoms with Crippen LogP contribution < -0.4 is 10.0 Å². The van der Waals surface area contributed by atoms with Gasteiger partial charge in [-0.1, -0.05) is 24.6 Å². The van der Waals surface area contributed by atoms with E-state index >= 15 is 0 Å². The quantitative estimate of drug-likeness (QED) is 0.867. The number of halogens is 1. The Morgan fingerprint density at radius 1 is 1.13 bits per heavy atom. The summed E-state index contributed by atoms with van der Waals surface area (Å²) in [7, 11) is -3.53. The van der Waals surface area contributed by atoms with Crippen LogP contribution in [-0.4, -0.2) is 20.9 Å². The first-order valence-corrected chi connectivity index (χ1v) is 8.87. The van der Waals surface area contributed by atoms with E-state index in [1.54, 1.807) is 19.1 Å². The van der Waals surface area contributed by atoms with Crippen LogP contribution in [0.1, 0.15) is 22.8 Å². The van der Waals surface area contributed by atoms with E-state index in [-0.39, 0.29) is 10.8 Å². The molecule has 0 spiro atoms. The fraction of sp³-hybridized carbons (Fsp3) is 0.188. The van der Waals surface area contributed by atoms with Crippen LogP contribution in [-0.2, 0) is 10.0 Å². The molecule has 0 fully saturated rings. The number of hydrogen-bond acceptors (Lipinski definition) is 3. The predicted octanol–water partition coefficient (Wildman–Crippen LogP) is 3.20. The van der Waals surface area contributed by atoms with Crippen molar-refractivity contribution in [2.45, 2.75) is 18.7 Å². The molecular formula is C16H17ClN2O3S. The fourth-order valence-corrected chi connectivity index (χ4v) is 3.30. The Labute approximate surface area is 140 Å². The summed E-state index contributed by atoms with van der Waals surface area (Å²) >= 11 is 6.08. The van der Waals surface area contributed by atoms with Crippen molar-refractivity contribution >= 4 is 33.2 Å². The van der Waals surface area contributed by atoms with Gasteiger partial charge in [0.05, 0.1) is 15.6 Å². The lowest BCUT2D eigenvalue weighted by Gasteiger charge is -2.09. The van der Waals surface area contributed by atoms with E-state index in [1.165, 1.54) is 24.3 Å². The van der Waals surface area contributed by atoms with Crippen LogP contribution in [0, 0.1) is 6.92 Å². The van der Waals surface area contributed by atoms with Crippen molar-refractivity contribution in [3.8, 4) is 0 Å². The summed E-state index contributed by atoms with van der Waals surface area (Å²) in [5.74, 6) is -0.358. The monoisotopic (exact) mass is 352 g/mol. The average molecular weight is 353 g/mol. The second kappa shape index (κ2) is 7.12. The highest BCUT2D eigenvalue weighted by Crippen LogP contribution is 2.23. The molecule has 0 saturated heterocycles. The van der Waals surface area contributed by atoms with E-state index in [4.69, 9.17) is 11.6 Å². The zero-order chi connectivity index (χ0) is 17.0. The number of aryl methyl sites for hydroxylation is 1. The summed E-state index contributed by atoms with van der Waals surface area (Å²) in [6.45, 7) is 3.90. The van der Waals surface area contributed by atoms with Crippen LogP contribution in [0.15, 0.2) is 47.4 Å². The Balaban J connectivity index is 2.17. The van der Waals surface area contributed by atoms with Gasteiger partial charge in [-0.25, -0.2) is 13.1 Å². The third-order valence-electron chi connectivity index (χ3n) is 3.13. The maximum atomic E-state index is 12.2. The second-order valence-electron chi connectivity index (χ2n) is 4.96. The Bertz CT molecular complexity index is 818. The molecular weight excluding hydrogens is 336 g/mol. The van der Waals surface area contributed by atoms with Gasteiger partial charge in [0.1, 0.15) is 0 Å². The summed E-state index contributed by atoms with van der Waals surface area (Å²) in [5.41, 5.74) is 1.84. The molecule has 2 N–H and O–H groups in total. The number of benzene rings is 2. The van der Waals surface area contributed by atoms with Crippen molar-refractivity contribution in [3.05, 3.63) is 58.6 Å². The van der Waals surface area contributed by atoms with Crippen molar-refractivity contribution in [2.24, 2.45) is 0 Å². The largest absolute Gasteiger partial charge is 0.321 e. The lowest BCUT2D eigenvalue weighted by molar-refractivity contribution is 0.102. The van der Waals surface area contributed by atoms with Crippen LogP contribution in [0.5, 0.6) is 0 Å². The van der Waals surface area contributed by atoms with Gasteiger partial charge in [-0.2, -0.15) is 0 Å². The summed E-state index contributed by atoms with van der Waals surface area (Å²) in [4.78, 5) is 12.3. The van der Waals surface area contributed by atoms with Crippen molar-refractivity contribution < 1.29 is 13.2 Å². The average Bonchev–Trinajstić information content (AvgIpc) is 2.50. The van der Waals surface area contributed by atoms with Gasteiger partial charge in [0, 0.05) is 12.1 Å². The van der Waals surface area contributed by atoms with Gasteiger partial charge in [-0.15, -0.1) is 0 Å². The Morgan fingerprint density at radius 2 is 1.78 bits per heavy atom. The minimum absolute atomic E-state index is 0.115. The number of anilines is 1. The van der Waals surface area contributed by atoms with Gasteiger partial charge in [-0.3, -0.25) is 4.79 Å². The molecule has 0 bridgehead atoms. The number of nitrogens with one attached hydrogen (secondary N) is 2. The second-order valence-corrected chi connectivity index (χ2v) is 7.14. The summed E-state index contributed by atoms with van der Waals surface area (Å²) in [5, 5.41) is 3.15. The molecule has 7 heteroatoms. The number of amides is 1. The smallest absolute Gasteiger partial charge is 0.255 e. The predicted molar refractivity (Wildman–Crippen MR) is 91.4 cm³/mol. The Hall–Kier alpha value is -1.89. The third-order valence-corrected chi connectivity index (χ3v) is 5.01. The highest BCUT2D eigenvalue weighted by atomic mass is 35.5. The molecule has 0 aliphatic rings. The molecule has 0 radical (unpaired) electrons. The normalized spacial score (nSPS) is 11.3. The highest BCUT2D eigenvalue weighted by molar-refractivity contribution is 7.89. The lowest BCUT2D eigenvalue weighted by atomic mass is 10.2. The molecule has 2 rings (SSSR count). The van der Waals surface area contributed by atoms with Gasteiger partial charge in [0.15, 0.2) is 0 Å². The molecule has 5 nitrogen and oxygen atoms in total. The molecule has 0 aliphatic heterocycles. The number of sulfonamides is 1. The van der Waals surface area contributed by atoms with Gasteiger partial charge in [0.25, 0.3) is 5.91 Å². The molecule has 0 unspecified atom stereocenters. The Morgan fingerprint density at radius 3 is 2.35 bits per heavy atom. The number of hydrogen-bond donors (Lipinski definition) is 2. The van der Waals surface area contributed by atoms with Crippen molar-refractivity contribution in [3.63, 3.8) is 0 Å². The molecule has 1 amide bonds. The zero-order valence-corrected chi connectivity index (χ0v) is 14.3. The van der Waals surface area contributed by atoms with Crippen LogP contribution in [0.3, 0.4) is 0 Å². The third kappa shape index (κ3) is 4.31. The van der Waals surface area contributed by atoms with E-state index in [0.29, 0.717) is 22.8 Å². The van der Waals surface area contributed by atoms with E-state index in [1.807, 2.05) is 13.0 Å². The fourth-order valence-electron chi connectivity index (χ4n) is 1.97. The first-order chi connectivity index (χ1) is 10.8. The van der Waals surface area contributed by atoms with Gasteiger partial charge in [0.2, 0.25) is 10.0 Å². The zero-order valence-electron chi connectivity index (χ0n) is 12.8. The molecule has 122 valence electrons. The van der Waals surface area contributed by atoms with Crippen molar-refractivity contribution in [1.29, 1.82) is 0 Å².